The lowest BCUT2D eigenvalue weighted by atomic mass is 10.1. The molecule has 0 saturated heterocycles. The molecule has 0 aliphatic rings. The predicted octanol–water partition coefficient (Wildman–Crippen LogP) is 2.54. The van der Waals surface area contributed by atoms with Crippen molar-refractivity contribution in [2.75, 3.05) is 5.73 Å². The first-order valence-corrected chi connectivity index (χ1v) is 4.26. The van der Waals surface area contributed by atoms with Crippen molar-refractivity contribution in [1.29, 1.82) is 5.26 Å². The fourth-order valence-electron chi connectivity index (χ4n) is 1.29. The molecule has 0 aliphatic heterocycles. The number of hydrogen-bond acceptors (Lipinski definition) is 3. The normalized spacial score (nSPS) is 9.87. The summed E-state index contributed by atoms with van der Waals surface area (Å²) in [5.74, 6) is -0.131. The standard InChI is InChI=1S/C11H7FN2O/c12-9-4-2-1-3-8(9)10-5-7(6-13)11(14)15-10/h1-5H,14H2. The Hall–Kier alpha value is -2.28. The van der Waals surface area contributed by atoms with Crippen LogP contribution in [0.3, 0.4) is 0 Å². The van der Waals surface area contributed by atoms with Crippen LogP contribution in [0.4, 0.5) is 10.3 Å². The molecule has 0 unspecified atom stereocenters. The summed E-state index contributed by atoms with van der Waals surface area (Å²) in [6.07, 6.45) is 0. The number of nitrogen functional groups attached to an aromatic ring is 1. The first kappa shape index (κ1) is 9.28. The zero-order valence-electron chi connectivity index (χ0n) is 7.70. The molecule has 0 saturated carbocycles. The van der Waals surface area contributed by atoms with E-state index in [1.54, 1.807) is 18.2 Å². The van der Waals surface area contributed by atoms with Crippen LogP contribution in [0.2, 0.25) is 0 Å². The SMILES string of the molecule is N#Cc1cc(-c2ccccc2F)oc1N. The van der Waals surface area contributed by atoms with Crippen LogP contribution in [0.5, 0.6) is 0 Å². The number of nitrogens with two attached hydrogens (primary N) is 1. The van der Waals surface area contributed by atoms with E-state index in [9.17, 15) is 4.39 Å². The highest BCUT2D eigenvalue weighted by atomic mass is 19.1. The first-order chi connectivity index (χ1) is 7.22. The Balaban J connectivity index is 2.56. The number of anilines is 1. The molecule has 2 N–H and O–H groups in total. The van der Waals surface area contributed by atoms with Crippen LogP contribution in [0.25, 0.3) is 11.3 Å². The largest absolute Gasteiger partial charge is 0.439 e. The van der Waals surface area contributed by atoms with Crippen LogP contribution < -0.4 is 5.73 Å². The van der Waals surface area contributed by atoms with Crippen molar-refractivity contribution in [1.82, 2.24) is 0 Å². The molecule has 1 aromatic heterocycles. The van der Waals surface area contributed by atoms with Gasteiger partial charge < -0.3 is 10.2 Å². The molecule has 74 valence electrons. The number of nitriles is 1. The van der Waals surface area contributed by atoms with Crippen LogP contribution in [0, 0.1) is 17.1 Å². The predicted molar refractivity (Wildman–Crippen MR) is 53.2 cm³/mol. The Labute approximate surface area is 85.5 Å². The first-order valence-electron chi connectivity index (χ1n) is 4.26. The van der Waals surface area contributed by atoms with Crippen molar-refractivity contribution < 1.29 is 8.81 Å². The number of rotatable bonds is 1. The molecule has 0 spiro atoms. The van der Waals surface area contributed by atoms with Gasteiger partial charge in [-0.3, -0.25) is 0 Å². The lowest BCUT2D eigenvalue weighted by molar-refractivity contribution is 0.584. The van der Waals surface area contributed by atoms with Gasteiger partial charge in [0.25, 0.3) is 0 Å². The summed E-state index contributed by atoms with van der Waals surface area (Å²) in [6.45, 7) is 0. The molecule has 0 amide bonds. The topological polar surface area (TPSA) is 63.0 Å². The summed E-state index contributed by atoms with van der Waals surface area (Å²) in [6, 6.07) is 9.44. The van der Waals surface area contributed by atoms with Crippen molar-refractivity contribution in [3.63, 3.8) is 0 Å². The van der Waals surface area contributed by atoms with E-state index in [1.807, 2.05) is 6.07 Å². The fourth-order valence-corrected chi connectivity index (χ4v) is 1.29. The molecule has 1 aromatic carbocycles. The molecule has 2 aromatic rings. The Kier molecular flexibility index (Phi) is 2.14. The number of halogens is 1. The maximum Gasteiger partial charge on any atom is 0.208 e. The summed E-state index contributed by atoms with van der Waals surface area (Å²) in [7, 11) is 0. The average molecular weight is 202 g/mol. The molecule has 15 heavy (non-hydrogen) atoms. The highest BCUT2D eigenvalue weighted by Crippen LogP contribution is 2.28. The molecule has 0 fully saturated rings. The van der Waals surface area contributed by atoms with Crippen LogP contribution in [-0.4, -0.2) is 0 Å². The minimum absolute atomic E-state index is 0.00996. The van der Waals surface area contributed by atoms with Gasteiger partial charge in [0, 0.05) is 6.07 Å². The monoisotopic (exact) mass is 202 g/mol. The van der Waals surface area contributed by atoms with Crippen LogP contribution in [0.1, 0.15) is 5.56 Å². The zero-order chi connectivity index (χ0) is 10.8. The molecule has 0 bridgehead atoms. The van der Waals surface area contributed by atoms with Gasteiger partial charge in [0.2, 0.25) is 5.88 Å². The van der Waals surface area contributed by atoms with E-state index in [0.717, 1.165) is 0 Å². The molecule has 2 rings (SSSR count). The Morgan fingerprint density at radius 1 is 1.33 bits per heavy atom. The van der Waals surface area contributed by atoms with Crippen molar-refractivity contribution in [2.24, 2.45) is 0 Å². The van der Waals surface area contributed by atoms with Gasteiger partial charge >= 0.3 is 0 Å². The van der Waals surface area contributed by atoms with Crippen LogP contribution >= 0.6 is 0 Å². The van der Waals surface area contributed by atoms with Gasteiger partial charge in [-0.25, -0.2) is 4.39 Å². The lowest BCUT2D eigenvalue weighted by Crippen LogP contribution is -1.82. The highest BCUT2D eigenvalue weighted by Gasteiger charge is 2.12. The van der Waals surface area contributed by atoms with Crippen molar-refractivity contribution in [3.8, 4) is 17.4 Å². The molecule has 4 heteroatoms. The second kappa shape index (κ2) is 3.46. The van der Waals surface area contributed by atoms with Gasteiger partial charge in [-0.1, -0.05) is 12.1 Å². The Morgan fingerprint density at radius 2 is 2.07 bits per heavy atom. The van der Waals surface area contributed by atoms with Gasteiger partial charge in [0.05, 0.1) is 5.56 Å². The maximum absolute atomic E-state index is 13.3. The molecular weight excluding hydrogens is 195 g/mol. The van der Waals surface area contributed by atoms with E-state index >= 15 is 0 Å². The molecule has 0 aliphatic carbocycles. The second-order valence-electron chi connectivity index (χ2n) is 2.98. The maximum atomic E-state index is 13.3. The van der Waals surface area contributed by atoms with E-state index < -0.39 is 5.82 Å². The van der Waals surface area contributed by atoms with E-state index in [4.69, 9.17) is 15.4 Å². The molecule has 0 radical (unpaired) electrons. The minimum atomic E-state index is -0.407. The van der Waals surface area contributed by atoms with Crippen LogP contribution in [0.15, 0.2) is 34.7 Å². The third-order valence-electron chi connectivity index (χ3n) is 2.02. The van der Waals surface area contributed by atoms with Gasteiger partial charge in [0.1, 0.15) is 23.2 Å². The Bertz CT molecular complexity index is 540. The summed E-state index contributed by atoms with van der Waals surface area (Å²) < 4.78 is 18.4. The number of nitrogens with zero attached hydrogens (tertiary/aromatic N) is 1. The van der Waals surface area contributed by atoms with Gasteiger partial charge in [0.15, 0.2) is 0 Å². The van der Waals surface area contributed by atoms with Crippen molar-refractivity contribution >= 4 is 5.88 Å². The van der Waals surface area contributed by atoms with Crippen LogP contribution in [-0.2, 0) is 0 Å². The van der Waals surface area contributed by atoms with Crippen molar-refractivity contribution in [2.45, 2.75) is 0 Å². The zero-order valence-corrected chi connectivity index (χ0v) is 7.70. The molecule has 1 heterocycles. The number of benzene rings is 1. The van der Waals surface area contributed by atoms with Gasteiger partial charge in [-0.15, -0.1) is 0 Å². The molecular formula is C11H7FN2O. The van der Waals surface area contributed by atoms with Gasteiger partial charge in [-0.2, -0.15) is 5.26 Å². The average Bonchev–Trinajstić information content (AvgIpc) is 2.60. The third-order valence-corrected chi connectivity index (χ3v) is 2.02. The lowest BCUT2D eigenvalue weighted by Gasteiger charge is -1.96. The summed E-state index contributed by atoms with van der Waals surface area (Å²) in [5, 5.41) is 8.66. The van der Waals surface area contributed by atoms with Gasteiger partial charge in [-0.05, 0) is 12.1 Å². The van der Waals surface area contributed by atoms with E-state index in [0.29, 0.717) is 5.56 Å². The minimum Gasteiger partial charge on any atom is -0.439 e. The fraction of sp³-hybridized carbons (Fsp3) is 0. The number of hydrogen-bond donors (Lipinski definition) is 1. The third kappa shape index (κ3) is 1.55. The second-order valence-corrected chi connectivity index (χ2v) is 2.98. The quantitative estimate of drug-likeness (QED) is 0.772. The smallest absolute Gasteiger partial charge is 0.208 e. The Morgan fingerprint density at radius 3 is 2.67 bits per heavy atom. The van der Waals surface area contributed by atoms with E-state index in [2.05, 4.69) is 0 Å². The highest BCUT2D eigenvalue weighted by molar-refractivity contribution is 5.64. The van der Waals surface area contributed by atoms with E-state index in [-0.39, 0.29) is 17.2 Å². The summed E-state index contributed by atoms with van der Waals surface area (Å²) in [5.41, 5.74) is 5.94. The number of furan rings is 1. The summed E-state index contributed by atoms with van der Waals surface area (Å²) >= 11 is 0. The summed E-state index contributed by atoms with van der Waals surface area (Å²) in [4.78, 5) is 0. The van der Waals surface area contributed by atoms with Crippen molar-refractivity contribution in [3.05, 3.63) is 41.7 Å². The molecule has 3 nitrogen and oxygen atoms in total. The molecule has 0 atom stereocenters. The van der Waals surface area contributed by atoms with E-state index in [1.165, 1.54) is 12.1 Å².